The number of ether oxygens (including phenoxy) is 2. The topological polar surface area (TPSA) is 272 Å². The Morgan fingerprint density at radius 2 is 1.76 bits per heavy atom. The molecule has 0 saturated carbocycles. The number of esters is 1. The average Bonchev–Trinajstić information content (AvgIpc) is 3.83. The Kier molecular flexibility index (Phi) is 19.8. The molecule has 0 fully saturated rings. The molecular weight excluding hydrogens is 898 g/mol. The number of anilines is 1. The van der Waals surface area contributed by atoms with E-state index in [9.17, 15) is 53.3 Å². The Hall–Kier alpha value is -4.98. The molecule has 19 nitrogen and oxygen atoms in total. The molecule has 6 N–H and O–H groups in total. The van der Waals surface area contributed by atoms with Crippen LogP contribution in [0.1, 0.15) is 122 Å². The van der Waals surface area contributed by atoms with Crippen molar-refractivity contribution in [3.63, 3.8) is 0 Å². The molecule has 66 heavy (non-hydrogen) atoms. The predicted molar refractivity (Wildman–Crippen MR) is 246 cm³/mol. The van der Waals surface area contributed by atoms with Crippen LogP contribution in [0.5, 0.6) is 5.75 Å². The molecule has 0 bridgehead atoms. The van der Waals surface area contributed by atoms with Gasteiger partial charge in [-0.3, -0.25) is 38.6 Å². The van der Waals surface area contributed by atoms with Gasteiger partial charge in [0.25, 0.3) is 5.91 Å². The van der Waals surface area contributed by atoms with Crippen LogP contribution in [0.25, 0.3) is 0 Å². The maximum Gasteiger partial charge on any atom is 0.524 e. The van der Waals surface area contributed by atoms with Crippen LogP contribution in [-0.4, -0.2) is 114 Å². The van der Waals surface area contributed by atoms with Gasteiger partial charge in [-0.1, -0.05) is 45.9 Å². The van der Waals surface area contributed by atoms with E-state index in [1.54, 1.807) is 39.6 Å². The molecule has 366 valence electrons. The average molecular weight is 964 g/mol. The van der Waals surface area contributed by atoms with E-state index in [4.69, 9.17) is 14.0 Å². The van der Waals surface area contributed by atoms with E-state index in [2.05, 4.69) is 22.2 Å². The highest BCUT2D eigenvalue weighted by atomic mass is 32.1. The first-order valence-electron chi connectivity index (χ1n) is 21.6. The number of phosphoric ester groups is 1. The van der Waals surface area contributed by atoms with Crippen molar-refractivity contribution < 1.29 is 67.3 Å². The van der Waals surface area contributed by atoms with Crippen molar-refractivity contribution in [2.75, 3.05) is 25.5 Å². The van der Waals surface area contributed by atoms with Crippen molar-refractivity contribution in [1.29, 1.82) is 0 Å². The minimum atomic E-state index is -5.13. The number of carboxylic acids is 1. The number of phosphoric acid groups is 1. The zero-order chi connectivity index (χ0) is 49.9. The number of hydrogen-bond donors (Lipinski definition) is 6. The third-order valence-corrected chi connectivity index (χ3v) is 12.5. The highest BCUT2D eigenvalue weighted by Gasteiger charge is 2.35. The number of thiazole rings is 1. The first-order valence-corrected chi connectivity index (χ1v) is 24.0. The summed E-state index contributed by atoms with van der Waals surface area (Å²) in [5.74, 6) is -4.80. The summed E-state index contributed by atoms with van der Waals surface area (Å²) < 4.78 is 28.7. The number of carbonyl (C=O) groups is 6. The van der Waals surface area contributed by atoms with Crippen LogP contribution in [0.3, 0.4) is 0 Å². The lowest BCUT2D eigenvalue weighted by molar-refractivity contribution is -0.148. The van der Waals surface area contributed by atoms with Crippen LogP contribution in [0.15, 0.2) is 47.9 Å². The summed E-state index contributed by atoms with van der Waals surface area (Å²) in [7, 11) is -3.45. The molecule has 3 rings (SSSR count). The molecule has 4 amide bonds. The van der Waals surface area contributed by atoms with Gasteiger partial charge >= 0.3 is 19.8 Å². The maximum atomic E-state index is 13.8. The fourth-order valence-corrected chi connectivity index (χ4v) is 8.15. The zero-order valence-electron chi connectivity index (χ0n) is 39.4. The van der Waals surface area contributed by atoms with Crippen LogP contribution < -0.4 is 15.2 Å². The number of hydrogen-bond acceptors (Lipinski definition) is 13. The molecule has 1 aromatic carbocycles. The summed E-state index contributed by atoms with van der Waals surface area (Å²) in [6.07, 6.45) is 1.98. The van der Waals surface area contributed by atoms with Gasteiger partial charge in [-0.15, -0.1) is 11.3 Å². The minimum Gasteiger partial charge on any atom is -0.481 e. The molecule has 1 aromatic heterocycles. The first-order chi connectivity index (χ1) is 30.5. The number of amides is 4. The van der Waals surface area contributed by atoms with Gasteiger partial charge in [-0.25, -0.2) is 9.55 Å². The Morgan fingerprint density at radius 3 is 2.32 bits per heavy atom. The van der Waals surface area contributed by atoms with E-state index in [1.165, 1.54) is 54.5 Å². The standard InChI is InChI=1S/C45H66N5O14PS/c1-12-27(4)19-39(54)49(11)34(26(2)3)23-36(63-29(6)51)41-47-33(24-66-41)40(55)46-31(20-28(5)42(56)57)21-30-13-14-35(64-65(59,60)61)32(22-30)48-43(58)44(7,8)25-62-45(9,10)17-18-50-37(52)15-16-38(50)53/h13-16,22,24,26,28,31,34,36-37,52H,4,12,17-21,23,25H2,1-3,5-11H3,(H,46,55)(H,48,58)(H,56,57)(H2,59,60,61)/t28?,31-,34-,36-,37?/m1/s1. The molecule has 0 saturated heterocycles. The summed E-state index contributed by atoms with van der Waals surface area (Å²) in [5, 5.41) is 27.2. The fourth-order valence-electron chi connectivity index (χ4n) is 6.89. The number of aliphatic carboxylic acids is 1. The van der Waals surface area contributed by atoms with E-state index in [-0.39, 0.29) is 79.7 Å². The van der Waals surface area contributed by atoms with Gasteiger partial charge < -0.3 is 44.6 Å². The number of aliphatic hydroxyl groups excluding tert-OH is 1. The molecule has 1 aliphatic rings. The number of aromatic nitrogens is 1. The molecule has 21 heteroatoms. The molecule has 2 aromatic rings. The lowest BCUT2D eigenvalue weighted by atomic mass is 9.92. The zero-order valence-corrected chi connectivity index (χ0v) is 41.1. The number of nitrogens with one attached hydrogen (secondary N) is 2. The minimum absolute atomic E-state index is 0.0131. The van der Waals surface area contributed by atoms with Gasteiger partial charge in [0.1, 0.15) is 16.9 Å². The first kappa shape index (κ1) is 55.3. The van der Waals surface area contributed by atoms with Crippen LogP contribution in [0.2, 0.25) is 0 Å². The molecular formula is C45H66N5O14PS. The quantitative estimate of drug-likeness (QED) is 0.0371. The van der Waals surface area contributed by atoms with Crippen LogP contribution >= 0.6 is 19.2 Å². The van der Waals surface area contributed by atoms with E-state index in [1.807, 2.05) is 20.8 Å². The van der Waals surface area contributed by atoms with Crippen molar-refractivity contribution in [1.82, 2.24) is 20.1 Å². The SMILES string of the molecule is C=C(CC)CC(=O)N(C)[C@H](C[C@@H](OC(C)=O)c1nc(C(=O)N[C@@H](Cc2ccc(OP(=O)(O)O)c(NC(=O)C(C)(C)COC(C)(C)CCN3C(=O)C=CC3O)c2)CC(C)C(=O)O)cs1)C(C)C. The van der Waals surface area contributed by atoms with Crippen molar-refractivity contribution in [3.05, 3.63) is 64.1 Å². The second kappa shape index (κ2) is 23.7. The van der Waals surface area contributed by atoms with Crippen LogP contribution in [-0.2, 0) is 44.4 Å². The van der Waals surface area contributed by atoms with Gasteiger partial charge in [0.15, 0.2) is 11.9 Å². The number of nitrogens with zero attached hydrogens (tertiary/aromatic N) is 3. The molecule has 0 aliphatic carbocycles. The molecule has 1 aliphatic heterocycles. The third kappa shape index (κ3) is 17.0. The van der Waals surface area contributed by atoms with Crippen LogP contribution in [0.4, 0.5) is 5.69 Å². The highest BCUT2D eigenvalue weighted by Crippen LogP contribution is 2.42. The summed E-state index contributed by atoms with van der Waals surface area (Å²) >= 11 is 1.08. The Bertz CT molecular complexity index is 2170. The molecule has 5 atom stereocenters. The van der Waals surface area contributed by atoms with Gasteiger partial charge in [0.05, 0.1) is 29.2 Å². The number of carbonyl (C=O) groups excluding carboxylic acids is 5. The largest absolute Gasteiger partial charge is 0.524 e. The van der Waals surface area contributed by atoms with Crippen molar-refractivity contribution in [3.8, 4) is 5.75 Å². The van der Waals surface area contributed by atoms with Crippen LogP contribution in [0, 0.1) is 17.3 Å². The lowest BCUT2D eigenvalue weighted by Gasteiger charge is -2.33. The molecule has 0 spiro atoms. The Morgan fingerprint density at radius 1 is 1.09 bits per heavy atom. The number of aliphatic hydroxyl groups is 1. The molecule has 2 heterocycles. The number of carboxylic acid groups (broad SMARTS) is 1. The lowest BCUT2D eigenvalue weighted by Crippen LogP contribution is -2.41. The van der Waals surface area contributed by atoms with E-state index >= 15 is 0 Å². The van der Waals surface area contributed by atoms with E-state index < -0.39 is 66.9 Å². The van der Waals surface area contributed by atoms with Crippen molar-refractivity contribution >= 4 is 60.4 Å². The Labute approximate surface area is 390 Å². The molecule has 2 unspecified atom stereocenters. The highest BCUT2D eigenvalue weighted by molar-refractivity contribution is 7.46. The maximum absolute atomic E-state index is 13.8. The molecule has 0 radical (unpaired) electrons. The van der Waals surface area contributed by atoms with Gasteiger partial charge in [-0.05, 0) is 83.1 Å². The fraction of sp³-hybridized carbons (Fsp3) is 0.578. The van der Waals surface area contributed by atoms with E-state index in [0.29, 0.717) is 23.4 Å². The summed E-state index contributed by atoms with van der Waals surface area (Å²) in [6.45, 7) is 19.2. The third-order valence-electron chi connectivity index (χ3n) is 11.1. The summed E-state index contributed by atoms with van der Waals surface area (Å²) in [4.78, 5) is 104. The number of rotatable bonds is 26. The monoisotopic (exact) mass is 963 g/mol. The number of benzene rings is 1. The Balaban J connectivity index is 1.86. The van der Waals surface area contributed by atoms with Gasteiger partial charge in [0, 0.05) is 56.9 Å². The smallest absolute Gasteiger partial charge is 0.481 e. The van der Waals surface area contributed by atoms with Gasteiger partial charge in [-0.2, -0.15) is 0 Å². The normalized spacial score (nSPS) is 16.1. The summed E-state index contributed by atoms with van der Waals surface area (Å²) in [6, 6.07) is 2.87. The summed E-state index contributed by atoms with van der Waals surface area (Å²) in [5.41, 5.74) is -1.03. The second-order valence-electron chi connectivity index (χ2n) is 18.2. The predicted octanol–water partition coefficient (Wildman–Crippen LogP) is 5.77. The van der Waals surface area contributed by atoms with Gasteiger partial charge in [0.2, 0.25) is 17.7 Å². The van der Waals surface area contributed by atoms with Crippen molar-refractivity contribution in [2.45, 2.75) is 131 Å². The second-order valence-corrected chi connectivity index (χ2v) is 20.3. The van der Waals surface area contributed by atoms with Crippen molar-refractivity contribution in [2.24, 2.45) is 17.3 Å². The van der Waals surface area contributed by atoms with E-state index in [0.717, 1.165) is 16.9 Å².